The molecule has 0 aliphatic rings. The zero-order valence-corrected chi connectivity index (χ0v) is 21.9. The smallest absolute Gasteiger partial charge is 0.0994 e. The van der Waals surface area contributed by atoms with Crippen molar-refractivity contribution < 1.29 is 0 Å². The van der Waals surface area contributed by atoms with Crippen molar-refractivity contribution in [1.82, 2.24) is 0 Å². The Morgan fingerprint density at radius 3 is 1.84 bits per heavy atom. The van der Waals surface area contributed by atoms with E-state index in [0.29, 0.717) is 6.42 Å². The Bertz CT molecular complexity index is 1040. The topological polar surface area (TPSA) is 47.6 Å². The fraction of sp³-hybridized carbons (Fsp3) is 0.500. The molecule has 164 valence electrons. The molecule has 2 aromatic carbocycles. The van der Waals surface area contributed by atoms with Crippen molar-refractivity contribution in [3.05, 3.63) is 67.7 Å². The Morgan fingerprint density at radius 2 is 1.39 bits per heavy atom. The first kappa shape index (κ1) is 25.2. The molecule has 0 fully saturated rings. The first-order chi connectivity index (χ1) is 14.4. The minimum Gasteiger partial charge on any atom is -0.198 e. The third-order valence-electron chi connectivity index (χ3n) is 6.02. The Labute approximate surface area is 197 Å². The lowest BCUT2D eigenvalue weighted by atomic mass is 9.78. The average Bonchev–Trinajstić information content (AvgIpc) is 2.69. The van der Waals surface area contributed by atoms with Gasteiger partial charge in [0.2, 0.25) is 0 Å². The second-order valence-electron chi connectivity index (χ2n) is 10.4. The number of nitrogens with zero attached hydrogens (tertiary/aromatic N) is 2. The molecule has 0 spiro atoms. The highest BCUT2D eigenvalue weighted by molar-refractivity contribution is 9.10. The molecule has 0 radical (unpaired) electrons. The Morgan fingerprint density at radius 1 is 0.806 bits per heavy atom. The van der Waals surface area contributed by atoms with Gasteiger partial charge in [0.25, 0.3) is 0 Å². The van der Waals surface area contributed by atoms with Crippen molar-refractivity contribution in [2.75, 3.05) is 0 Å². The van der Waals surface area contributed by atoms with Crippen molar-refractivity contribution in [1.29, 1.82) is 10.5 Å². The molecule has 0 aliphatic carbocycles. The molecule has 0 aliphatic heterocycles. The van der Waals surface area contributed by atoms with Gasteiger partial charge in [0.05, 0.1) is 23.6 Å². The van der Waals surface area contributed by atoms with Crippen LogP contribution >= 0.6 is 15.9 Å². The Kier molecular flexibility index (Phi) is 7.78. The summed E-state index contributed by atoms with van der Waals surface area (Å²) >= 11 is 3.76. The van der Waals surface area contributed by atoms with E-state index in [4.69, 9.17) is 0 Å². The van der Waals surface area contributed by atoms with Crippen LogP contribution in [0.3, 0.4) is 0 Å². The van der Waals surface area contributed by atoms with Gasteiger partial charge >= 0.3 is 0 Å². The molecule has 3 heteroatoms. The number of hydrogen-bond donors (Lipinski definition) is 0. The molecule has 0 heterocycles. The highest BCUT2D eigenvalue weighted by Gasteiger charge is 2.25. The molecular weight excluding hydrogens is 444 g/mol. The van der Waals surface area contributed by atoms with Gasteiger partial charge in [0.15, 0.2) is 0 Å². The fourth-order valence-electron chi connectivity index (χ4n) is 4.20. The van der Waals surface area contributed by atoms with Crippen molar-refractivity contribution in [3.63, 3.8) is 0 Å². The zero-order valence-electron chi connectivity index (χ0n) is 20.3. The predicted octanol–water partition coefficient (Wildman–Crippen LogP) is 7.89. The summed E-state index contributed by atoms with van der Waals surface area (Å²) in [5.74, 6) is -0.247. The summed E-state index contributed by atoms with van der Waals surface area (Å²) in [7, 11) is 0. The predicted molar refractivity (Wildman–Crippen MR) is 134 cm³/mol. The summed E-state index contributed by atoms with van der Waals surface area (Å²) in [4.78, 5) is 0. The molecule has 1 unspecified atom stereocenters. The molecule has 1 atom stereocenters. The van der Waals surface area contributed by atoms with Crippen molar-refractivity contribution >= 4 is 15.9 Å². The lowest BCUT2D eigenvalue weighted by Crippen LogP contribution is -2.17. The average molecular weight is 480 g/mol. The molecular formula is C28H35BrN2. The molecule has 0 saturated carbocycles. The molecule has 0 N–H and O–H groups in total. The van der Waals surface area contributed by atoms with Gasteiger partial charge in [-0.05, 0) is 75.6 Å². The summed E-state index contributed by atoms with van der Waals surface area (Å²) in [6, 6.07) is 13.6. The summed E-state index contributed by atoms with van der Waals surface area (Å²) in [5, 5.41) is 19.9. The van der Waals surface area contributed by atoms with Crippen molar-refractivity contribution in [2.24, 2.45) is 0 Å². The second kappa shape index (κ2) is 9.58. The van der Waals surface area contributed by atoms with Gasteiger partial charge in [0, 0.05) is 4.47 Å². The van der Waals surface area contributed by atoms with Crippen LogP contribution in [0.15, 0.2) is 28.7 Å². The van der Waals surface area contributed by atoms with Crippen LogP contribution in [0.5, 0.6) is 0 Å². The molecule has 31 heavy (non-hydrogen) atoms. The largest absolute Gasteiger partial charge is 0.198 e. The van der Waals surface area contributed by atoms with Gasteiger partial charge < -0.3 is 0 Å². The summed E-state index contributed by atoms with van der Waals surface area (Å²) in [5.41, 5.74) is 7.55. The van der Waals surface area contributed by atoms with Crippen LogP contribution in [-0.4, -0.2) is 0 Å². The minimum absolute atomic E-state index is 0.0183. The van der Waals surface area contributed by atoms with Crippen LogP contribution in [0.4, 0.5) is 0 Å². The molecule has 2 rings (SSSR count). The van der Waals surface area contributed by atoms with Gasteiger partial charge in [0.1, 0.15) is 0 Å². The van der Waals surface area contributed by atoms with E-state index in [-0.39, 0.29) is 16.7 Å². The number of halogens is 1. The first-order valence-corrected chi connectivity index (χ1v) is 11.9. The molecule has 2 nitrogen and oxygen atoms in total. The maximum absolute atomic E-state index is 10.2. The van der Waals surface area contributed by atoms with E-state index in [9.17, 15) is 10.5 Å². The minimum atomic E-state index is -0.247. The first-order valence-electron chi connectivity index (χ1n) is 11.2. The van der Waals surface area contributed by atoms with E-state index in [0.717, 1.165) is 39.6 Å². The number of rotatable bonds is 5. The van der Waals surface area contributed by atoms with E-state index in [1.54, 1.807) is 0 Å². The molecule has 0 amide bonds. The SMILES string of the molecule is CCc1cc(Br)c(C(C)(C)C)cc1CC(C#N)c1cc(C(C)(C)C)c(C#N)cc1CC. The number of hydrogen-bond acceptors (Lipinski definition) is 2. The number of aryl methyl sites for hydroxylation is 2. The normalized spacial score (nSPS) is 12.9. The van der Waals surface area contributed by atoms with Gasteiger partial charge in [-0.25, -0.2) is 0 Å². The molecule has 0 aromatic heterocycles. The van der Waals surface area contributed by atoms with Crippen molar-refractivity contribution in [2.45, 2.75) is 91.4 Å². The zero-order chi connectivity index (χ0) is 23.6. The van der Waals surface area contributed by atoms with Gasteiger partial charge in [-0.15, -0.1) is 0 Å². The van der Waals surface area contributed by atoms with Crippen LogP contribution in [0.1, 0.15) is 100 Å². The number of benzene rings is 2. The van der Waals surface area contributed by atoms with Gasteiger partial charge in [-0.1, -0.05) is 83.5 Å². The number of nitriles is 2. The van der Waals surface area contributed by atoms with E-state index in [1.165, 1.54) is 16.7 Å². The Balaban J connectivity index is 2.66. The van der Waals surface area contributed by atoms with Gasteiger partial charge in [-0.3, -0.25) is 0 Å². The maximum atomic E-state index is 10.2. The van der Waals surface area contributed by atoms with Crippen LogP contribution < -0.4 is 0 Å². The quantitative estimate of drug-likeness (QED) is 0.438. The van der Waals surface area contributed by atoms with Crippen LogP contribution in [0.2, 0.25) is 0 Å². The van der Waals surface area contributed by atoms with Crippen LogP contribution in [-0.2, 0) is 30.1 Å². The third-order valence-corrected chi connectivity index (χ3v) is 6.68. The maximum Gasteiger partial charge on any atom is 0.0994 e. The van der Waals surface area contributed by atoms with E-state index >= 15 is 0 Å². The molecule has 2 aromatic rings. The Hall–Kier alpha value is -2.10. The third kappa shape index (κ3) is 5.58. The van der Waals surface area contributed by atoms with E-state index < -0.39 is 0 Å². The lowest BCUT2D eigenvalue weighted by Gasteiger charge is -2.26. The van der Waals surface area contributed by atoms with E-state index in [1.807, 2.05) is 6.07 Å². The highest BCUT2D eigenvalue weighted by Crippen LogP contribution is 2.36. The summed E-state index contributed by atoms with van der Waals surface area (Å²) < 4.78 is 1.14. The summed E-state index contributed by atoms with van der Waals surface area (Å²) in [6.07, 6.45) is 2.41. The monoisotopic (exact) mass is 478 g/mol. The van der Waals surface area contributed by atoms with Crippen LogP contribution in [0, 0.1) is 22.7 Å². The van der Waals surface area contributed by atoms with Crippen LogP contribution in [0.25, 0.3) is 0 Å². The second-order valence-corrected chi connectivity index (χ2v) is 11.3. The summed E-state index contributed by atoms with van der Waals surface area (Å²) in [6.45, 7) is 17.3. The lowest BCUT2D eigenvalue weighted by molar-refractivity contribution is 0.584. The van der Waals surface area contributed by atoms with Gasteiger partial charge in [-0.2, -0.15) is 10.5 Å². The molecule has 0 bridgehead atoms. The van der Waals surface area contributed by atoms with Crippen molar-refractivity contribution in [3.8, 4) is 12.1 Å². The highest BCUT2D eigenvalue weighted by atomic mass is 79.9. The standard InChI is InChI=1S/C28H35BrN2/c1-9-18-14-26(29)25(28(6,7)8)13-20(18)12-21(16-30)23-15-24(27(3,4)5)22(17-31)11-19(23)10-2/h11,13-15,21H,9-10,12H2,1-8H3. The fourth-order valence-corrected chi connectivity index (χ4v) is 5.19. The molecule has 0 saturated heterocycles. The van der Waals surface area contributed by atoms with E-state index in [2.05, 4.69) is 102 Å².